The second-order valence-electron chi connectivity index (χ2n) is 3.01. The largest absolute Gasteiger partial charge is 0.310 e. The number of aromatic nitrogens is 2. The minimum atomic E-state index is -0.364. The molecule has 1 rings (SSSR count). The first-order chi connectivity index (χ1) is 6.27. The Bertz CT molecular complexity index is 247. The molecule has 0 aliphatic heterocycles. The molecule has 0 aromatic carbocycles. The highest BCUT2D eigenvalue weighted by Crippen LogP contribution is 2.09. The highest BCUT2D eigenvalue weighted by molar-refractivity contribution is 5.08. The molecule has 74 valence electrons. The highest BCUT2D eigenvalue weighted by Gasteiger charge is 2.05. The number of hydrogen-bond donors (Lipinski definition) is 1. The second-order valence-corrected chi connectivity index (χ2v) is 3.01. The number of halogens is 1. The Morgan fingerprint density at radius 3 is 3.08 bits per heavy atom. The first-order valence-corrected chi connectivity index (χ1v) is 4.59. The molecule has 4 heteroatoms. The molecular weight excluding hydrogens is 169 g/mol. The minimum Gasteiger partial charge on any atom is -0.310 e. The molecule has 1 N–H and O–H groups in total. The van der Waals surface area contributed by atoms with Crippen LogP contribution in [0.3, 0.4) is 0 Å². The summed E-state index contributed by atoms with van der Waals surface area (Å²) in [7, 11) is 0. The molecule has 3 nitrogen and oxygen atoms in total. The van der Waals surface area contributed by atoms with Gasteiger partial charge < -0.3 is 5.32 Å². The van der Waals surface area contributed by atoms with Crippen LogP contribution in [0.1, 0.15) is 25.5 Å². The monoisotopic (exact) mass is 185 g/mol. The van der Waals surface area contributed by atoms with E-state index in [1.165, 1.54) is 0 Å². The fraction of sp³-hybridized carbons (Fsp3) is 0.667. The van der Waals surface area contributed by atoms with Crippen LogP contribution in [0.25, 0.3) is 0 Å². The van der Waals surface area contributed by atoms with Crippen molar-refractivity contribution in [3.8, 4) is 0 Å². The third kappa shape index (κ3) is 2.81. The van der Waals surface area contributed by atoms with Crippen LogP contribution < -0.4 is 5.32 Å². The van der Waals surface area contributed by atoms with Crippen LogP contribution in [-0.4, -0.2) is 23.0 Å². The van der Waals surface area contributed by atoms with Crippen LogP contribution >= 0.6 is 0 Å². The van der Waals surface area contributed by atoms with Gasteiger partial charge >= 0.3 is 0 Å². The van der Waals surface area contributed by atoms with E-state index in [4.69, 9.17) is 0 Å². The molecule has 0 saturated heterocycles. The lowest BCUT2D eigenvalue weighted by Gasteiger charge is -2.08. The van der Waals surface area contributed by atoms with Crippen LogP contribution in [0, 0.1) is 0 Å². The van der Waals surface area contributed by atoms with Crippen molar-refractivity contribution < 1.29 is 4.39 Å². The maximum absolute atomic E-state index is 12.0. The standard InChI is InChI=1S/C9H16FN3/c1-3-11-8(2)9-6-12-13(7-9)5-4-10/h6-8,11H,3-5H2,1-2H3. The summed E-state index contributed by atoms with van der Waals surface area (Å²) in [5.41, 5.74) is 1.11. The topological polar surface area (TPSA) is 29.9 Å². The molecule has 0 radical (unpaired) electrons. The molecular formula is C9H16FN3. The average Bonchev–Trinajstić information content (AvgIpc) is 2.54. The van der Waals surface area contributed by atoms with E-state index in [0.29, 0.717) is 12.6 Å². The molecule has 1 unspecified atom stereocenters. The summed E-state index contributed by atoms with van der Waals surface area (Å²) in [6.07, 6.45) is 3.66. The zero-order valence-electron chi connectivity index (χ0n) is 8.13. The molecule has 1 heterocycles. The van der Waals surface area contributed by atoms with Crippen molar-refractivity contribution in [1.82, 2.24) is 15.1 Å². The van der Waals surface area contributed by atoms with Crippen LogP contribution in [-0.2, 0) is 6.54 Å². The van der Waals surface area contributed by atoms with Gasteiger partial charge in [-0.15, -0.1) is 0 Å². The van der Waals surface area contributed by atoms with Gasteiger partial charge in [0.1, 0.15) is 6.67 Å². The van der Waals surface area contributed by atoms with Crippen molar-refractivity contribution in [2.24, 2.45) is 0 Å². The molecule has 1 aromatic heterocycles. The maximum atomic E-state index is 12.0. The van der Waals surface area contributed by atoms with Gasteiger partial charge in [0, 0.05) is 17.8 Å². The van der Waals surface area contributed by atoms with E-state index in [1.807, 2.05) is 6.20 Å². The number of rotatable bonds is 5. The summed E-state index contributed by atoms with van der Waals surface area (Å²) in [6.45, 7) is 5.04. The Morgan fingerprint density at radius 2 is 2.46 bits per heavy atom. The molecule has 1 aromatic rings. The van der Waals surface area contributed by atoms with Gasteiger partial charge in [-0.1, -0.05) is 6.92 Å². The lowest BCUT2D eigenvalue weighted by Crippen LogP contribution is -2.17. The Hall–Kier alpha value is -0.900. The van der Waals surface area contributed by atoms with Crippen LogP contribution in [0.5, 0.6) is 0 Å². The van der Waals surface area contributed by atoms with Gasteiger partial charge in [-0.3, -0.25) is 4.68 Å². The summed E-state index contributed by atoms with van der Waals surface area (Å²) in [4.78, 5) is 0. The lowest BCUT2D eigenvalue weighted by molar-refractivity contribution is 0.426. The van der Waals surface area contributed by atoms with Crippen molar-refractivity contribution >= 4 is 0 Å². The van der Waals surface area contributed by atoms with Gasteiger partial charge in [-0.05, 0) is 13.5 Å². The van der Waals surface area contributed by atoms with E-state index in [9.17, 15) is 4.39 Å². The van der Waals surface area contributed by atoms with Crippen molar-refractivity contribution in [2.45, 2.75) is 26.4 Å². The number of alkyl halides is 1. The highest BCUT2D eigenvalue weighted by atomic mass is 19.1. The van der Waals surface area contributed by atoms with E-state index in [-0.39, 0.29) is 6.67 Å². The van der Waals surface area contributed by atoms with Crippen molar-refractivity contribution in [3.05, 3.63) is 18.0 Å². The minimum absolute atomic E-state index is 0.290. The van der Waals surface area contributed by atoms with E-state index in [1.54, 1.807) is 10.9 Å². The Balaban J connectivity index is 2.56. The van der Waals surface area contributed by atoms with Crippen molar-refractivity contribution in [2.75, 3.05) is 13.2 Å². The predicted octanol–water partition coefficient (Wildman–Crippen LogP) is 1.52. The third-order valence-corrected chi connectivity index (χ3v) is 1.98. The predicted molar refractivity (Wildman–Crippen MR) is 50.3 cm³/mol. The third-order valence-electron chi connectivity index (χ3n) is 1.98. The average molecular weight is 185 g/mol. The SMILES string of the molecule is CCNC(C)c1cnn(CCF)c1. The van der Waals surface area contributed by atoms with Gasteiger partial charge in [0.2, 0.25) is 0 Å². The summed E-state index contributed by atoms with van der Waals surface area (Å²) in [5, 5.41) is 7.32. The maximum Gasteiger partial charge on any atom is 0.109 e. The second kappa shape index (κ2) is 4.97. The Kier molecular flexibility index (Phi) is 3.89. The number of nitrogens with zero attached hydrogens (tertiary/aromatic N) is 2. The molecule has 13 heavy (non-hydrogen) atoms. The van der Waals surface area contributed by atoms with Gasteiger partial charge in [0.05, 0.1) is 12.7 Å². The van der Waals surface area contributed by atoms with E-state index < -0.39 is 0 Å². The molecule has 1 atom stereocenters. The van der Waals surface area contributed by atoms with Crippen LogP contribution in [0.4, 0.5) is 4.39 Å². The molecule has 0 spiro atoms. The smallest absolute Gasteiger partial charge is 0.109 e. The van der Waals surface area contributed by atoms with E-state index >= 15 is 0 Å². The van der Waals surface area contributed by atoms with E-state index in [2.05, 4.69) is 24.3 Å². The van der Waals surface area contributed by atoms with Gasteiger partial charge in [-0.2, -0.15) is 5.10 Å². The molecule has 0 saturated carbocycles. The summed E-state index contributed by atoms with van der Waals surface area (Å²) in [6, 6.07) is 0.290. The number of hydrogen-bond acceptors (Lipinski definition) is 2. The quantitative estimate of drug-likeness (QED) is 0.753. The molecule has 0 bridgehead atoms. The normalized spacial score (nSPS) is 13.2. The van der Waals surface area contributed by atoms with Crippen LogP contribution in [0.15, 0.2) is 12.4 Å². The molecule has 0 aliphatic rings. The fourth-order valence-electron chi connectivity index (χ4n) is 1.24. The molecule has 0 aliphatic carbocycles. The van der Waals surface area contributed by atoms with Gasteiger partial charge in [0.15, 0.2) is 0 Å². The zero-order chi connectivity index (χ0) is 9.68. The van der Waals surface area contributed by atoms with Gasteiger partial charge in [-0.25, -0.2) is 4.39 Å². The van der Waals surface area contributed by atoms with Crippen molar-refractivity contribution in [1.29, 1.82) is 0 Å². The number of nitrogens with one attached hydrogen (secondary N) is 1. The van der Waals surface area contributed by atoms with Crippen LogP contribution in [0.2, 0.25) is 0 Å². The Morgan fingerprint density at radius 1 is 1.69 bits per heavy atom. The first-order valence-electron chi connectivity index (χ1n) is 4.59. The summed E-state index contributed by atoms with van der Waals surface area (Å²) in [5.74, 6) is 0. The van der Waals surface area contributed by atoms with E-state index in [0.717, 1.165) is 12.1 Å². The molecule has 0 amide bonds. The number of aryl methyl sites for hydroxylation is 1. The molecule has 0 fully saturated rings. The lowest BCUT2D eigenvalue weighted by atomic mass is 10.2. The fourth-order valence-corrected chi connectivity index (χ4v) is 1.24. The first kappa shape index (κ1) is 10.2. The van der Waals surface area contributed by atoms with Crippen molar-refractivity contribution in [3.63, 3.8) is 0 Å². The zero-order valence-corrected chi connectivity index (χ0v) is 8.13. The summed E-state index contributed by atoms with van der Waals surface area (Å²) < 4.78 is 13.6. The van der Waals surface area contributed by atoms with Gasteiger partial charge in [0.25, 0.3) is 0 Å². The Labute approximate surface area is 77.9 Å². The summed E-state index contributed by atoms with van der Waals surface area (Å²) >= 11 is 0.